The van der Waals surface area contributed by atoms with Crippen LogP contribution < -0.4 is 16.0 Å². The molecular formula is C23H22N4O5. The number of hydrogen-bond donors (Lipinski definition) is 0. The van der Waals surface area contributed by atoms with E-state index >= 15 is 0 Å². The van der Waals surface area contributed by atoms with Crippen molar-refractivity contribution in [3.63, 3.8) is 0 Å². The van der Waals surface area contributed by atoms with Crippen LogP contribution in [0.3, 0.4) is 0 Å². The molecule has 0 N–H and O–H groups in total. The standard InChI is InChI=1S/C23H22N4O5/c1-14-8-5-6-9-16(14)13-27-18-19(25(2)23(30)26(3)20(18)28)24-22(27)32-17-11-7-10-15(12-17)21(29)31-4/h5-12H,13H2,1-4H3. The summed E-state index contributed by atoms with van der Waals surface area (Å²) >= 11 is 0. The Morgan fingerprint density at radius 1 is 1.03 bits per heavy atom. The van der Waals surface area contributed by atoms with Crippen molar-refractivity contribution >= 4 is 17.1 Å². The highest BCUT2D eigenvalue weighted by atomic mass is 16.5. The zero-order valence-corrected chi connectivity index (χ0v) is 18.2. The predicted octanol–water partition coefficient (Wildman–Crippen LogP) is 2.37. The number of aryl methyl sites for hydroxylation is 2. The van der Waals surface area contributed by atoms with Crippen molar-refractivity contribution in [3.05, 3.63) is 86.1 Å². The van der Waals surface area contributed by atoms with Crippen LogP contribution in [0.25, 0.3) is 11.2 Å². The lowest BCUT2D eigenvalue weighted by Gasteiger charge is -2.12. The molecule has 4 aromatic rings. The van der Waals surface area contributed by atoms with Crippen molar-refractivity contribution in [2.75, 3.05) is 7.11 Å². The maximum Gasteiger partial charge on any atom is 0.337 e. The van der Waals surface area contributed by atoms with E-state index in [9.17, 15) is 14.4 Å². The van der Waals surface area contributed by atoms with Crippen LogP contribution in [0.1, 0.15) is 21.5 Å². The molecule has 4 rings (SSSR count). The first-order valence-electron chi connectivity index (χ1n) is 9.88. The van der Waals surface area contributed by atoms with Crippen LogP contribution in [0, 0.1) is 6.92 Å². The monoisotopic (exact) mass is 434 g/mol. The van der Waals surface area contributed by atoms with Crippen molar-refractivity contribution < 1.29 is 14.3 Å². The maximum absolute atomic E-state index is 13.0. The molecule has 2 heterocycles. The van der Waals surface area contributed by atoms with E-state index in [0.29, 0.717) is 17.9 Å². The molecule has 32 heavy (non-hydrogen) atoms. The molecule has 0 aliphatic heterocycles. The highest BCUT2D eigenvalue weighted by molar-refractivity contribution is 5.89. The van der Waals surface area contributed by atoms with Gasteiger partial charge in [0.15, 0.2) is 11.2 Å². The van der Waals surface area contributed by atoms with Crippen LogP contribution in [-0.2, 0) is 25.4 Å². The van der Waals surface area contributed by atoms with Crippen LogP contribution in [-0.4, -0.2) is 31.8 Å². The number of ether oxygens (including phenoxy) is 2. The SMILES string of the molecule is COC(=O)c1cccc(Oc2nc3c(c(=O)n(C)c(=O)n3C)n2Cc2ccccc2C)c1. The lowest BCUT2D eigenvalue weighted by Crippen LogP contribution is -2.37. The van der Waals surface area contributed by atoms with Gasteiger partial charge in [-0.3, -0.25) is 18.5 Å². The molecule has 2 aromatic heterocycles. The predicted molar refractivity (Wildman–Crippen MR) is 118 cm³/mol. The topological polar surface area (TPSA) is 97.4 Å². The van der Waals surface area contributed by atoms with Gasteiger partial charge in [0.2, 0.25) is 0 Å². The smallest absolute Gasteiger partial charge is 0.337 e. The molecule has 0 atom stereocenters. The summed E-state index contributed by atoms with van der Waals surface area (Å²) in [7, 11) is 4.28. The summed E-state index contributed by atoms with van der Waals surface area (Å²) in [5, 5.41) is 0. The summed E-state index contributed by atoms with van der Waals surface area (Å²) in [6, 6.07) is 14.4. The molecule has 0 saturated heterocycles. The summed E-state index contributed by atoms with van der Waals surface area (Å²) in [6.45, 7) is 2.28. The quantitative estimate of drug-likeness (QED) is 0.448. The molecule has 0 bridgehead atoms. The number of nitrogens with zero attached hydrogens (tertiary/aromatic N) is 4. The average molecular weight is 434 g/mol. The molecular weight excluding hydrogens is 412 g/mol. The second-order valence-corrected chi connectivity index (χ2v) is 7.41. The minimum Gasteiger partial charge on any atom is -0.465 e. The number of aromatic nitrogens is 4. The highest BCUT2D eigenvalue weighted by Crippen LogP contribution is 2.26. The largest absolute Gasteiger partial charge is 0.465 e. The van der Waals surface area contributed by atoms with E-state index in [-0.39, 0.29) is 17.2 Å². The van der Waals surface area contributed by atoms with E-state index in [0.717, 1.165) is 15.7 Å². The van der Waals surface area contributed by atoms with E-state index in [1.165, 1.54) is 24.8 Å². The van der Waals surface area contributed by atoms with Gasteiger partial charge in [-0.05, 0) is 36.2 Å². The zero-order chi connectivity index (χ0) is 23.0. The van der Waals surface area contributed by atoms with Crippen LogP contribution in [0.5, 0.6) is 11.8 Å². The summed E-state index contributed by atoms with van der Waals surface area (Å²) in [6.07, 6.45) is 0. The van der Waals surface area contributed by atoms with Crippen LogP contribution >= 0.6 is 0 Å². The van der Waals surface area contributed by atoms with Gasteiger partial charge < -0.3 is 9.47 Å². The Morgan fingerprint density at radius 2 is 1.78 bits per heavy atom. The third kappa shape index (κ3) is 3.58. The Morgan fingerprint density at radius 3 is 2.50 bits per heavy atom. The number of hydrogen-bond acceptors (Lipinski definition) is 6. The van der Waals surface area contributed by atoms with Gasteiger partial charge in [0.25, 0.3) is 5.56 Å². The van der Waals surface area contributed by atoms with Crippen LogP contribution in [0.4, 0.5) is 0 Å². The molecule has 0 unspecified atom stereocenters. The fourth-order valence-corrected chi connectivity index (χ4v) is 3.52. The van der Waals surface area contributed by atoms with Gasteiger partial charge in [-0.1, -0.05) is 30.3 Å². The molecule has 0 radical (unpaired) electrons. The van der Waals surface area contributed by atoms with Gasteiger partial charge >= 0.3 is 17.7 Å². The molecule has 0 fully saturated rings. The summed E-state index contributed by atoms with van der Waals surface area (Å²) < 4.78 is 14.8. The first kappa shape index (κ1) is 21.1. The minimum atomic E-state index is -0.500. The van der Waals surface area contributed by atoms with Gasteiger partial charge in [-0.2, -0.15) is 4.98 Å². The Labute approximate surface area is 183 Å². The summed E-state index contributed by atoms with van der Waals surface area (Å²) in [4.78, 5) is 41.8. The summed E-state index contributed by atoms with van der Waals surface area (Å²) in [5.74, 6) is -0.156. The van der Waals surface area contributed by atoms with E-state index < -0.39 is 17.2 Å². The highest BCUT2D eigenvalue weighted by Gasteiger charge is 2.21. The second-order valence-electron chi connectivity index (χ2n) is 7.41. The van der Waals surface area contributed by atoms with Gasteiger partial charge in [0.1, 0.15) is 5.75 Å². The van der Waals surface area contributed by atoms with Gasteiger partial charge in [0, 0.05) is 14.1 Å². The Hall–Kier alpha value is -4.14. The first-order chi connectivity index (χ1) is 15.3. The Balaban J connectivity index is 1.92. The fourth-order valence-electron chi connectivity index (χ4n) is 3.52. The summed E-state index contributed by atoms with van der Waals surface area (Å²) in [5.41, 5.74) is 1.83. The molecule has 0 aliphatic carbocycles. The third-order valence-corrected chi connectivity index (χ3v) is 5.37. The van der Waals surface area contributed by atoms with Crippen LogP contribution in [0.2, 0.25) is 0 Å². The lowest BCUT2D eigenvalue weighted by atomic mass is 10.1. The van der Waals surface area contributed by atoms with Crippen molar-refractivity contribution in [3.8, 4) is 11.8 Å². The first-order valence-corrected chi connectivity index (χ1v) is 9.88. The number of esters is 1. The number of benzene rings is 2. The van der Waals surface area contributed by atoms with Crippen molar-refractivity contribution in [1.82, 2.24) is 18.7 Å². The molecule has 0 spiro atoms. The Kier molecular flexibility index (Phi) is 5.40. The molecule has 0 aliphatic rings. The van der Waals surface area contributed by atoms with E-state index in [1.807, 2.05) is 31.2 Å². The van der Waals surface area contributed by atoms with Crippen LogP contribution in [0.15, 0.2) is 58.1 Å². The number of carbonyl (C=O) groups is 1. The number of fused-ring (bicyclic) bond motifs is 1. The second kappa shape index (κ2) is 8.18. The molecule has 164 valence electrons. The van der Waals surface area contributed by atoms with E-state index in [2.05, 4.69) is 4.98 Å². The normalized spacial score (nSPS) is 11.0. The molecule has 9 heteroatoms. The number of rotatable bonds is 5. The minimum absolute atomic E-state index is 0.128. The third-order valence-electron chi connectivity index (χ3n) is 5.37. The van der Waals surface area contributed by atoms with Crippen molar-refractivity contribution in [2.45, 2.75) is 13.5 Å². The van der Waals surface area contributed by atoms with Crippen molar-refractivity contribution in [1.29, 1.82) is 0 Å². The molecule has 0 saturated carbocycles. The molecule has 0 amide bonds. The zero-order valence-electron chi connectivity index (χ0n) is 18.2. The molecule has 2 aromatic carbocycles. The van der Waals surface area contributed by atoms with Gasteiger partial charge in [0.05, 0.1) is 19.2 Å². The lowest BCUT2D eigenvalue weighted by molar-refractivity contribution is 0.0600. The fraction of sp³-hybridized carbons (Fsp3) is 0.217. The average Bonchev–Trinajstić information content (AvgIpc) is 3.15. The van der Waals surface area contributed by atoms with Gasteiger partial charge in [-0.25, -0.2) is 9.59 Å². The number of methoxy groups -OCH3 is 1. The number of imidazole rings is 1. The van der Waals surface area contributed by atoms with E-state index in [4.69, 9.17) is 9.47 Å². The maximum atomic E-state index is 13.0. The Bertz CT molecular complexity index is 1460. The van der Waals surface area contributed by atoms with Gasteiger partial charge in [-0.15, -0.1) is 0 Å². The van der Waals surface area contributed by atoms with Crippen molar-refractivity contribution in [2.24, 2.45) is 14.1 Å². The molecule has 9 nitrogen and oxygen atoms in total. The number of carbonyl (C=O) groups excluding carboxylic acids is 1. The van der Waals surface area contributed by atoms with E-state index in [1.54, 1.807) is 29.8 Å².